The second kappa shape index (κ2) is 9.83. The Bertz CT molecular complexity index is 677. The first-order valence-corrected chi connectivity index (χ1v) is 10.2. The summed E-state index contributed by atoms with van der Waals surface area (Å²) in [6, 6.07) is 4.52. The summed E-state index contributed by atoms with van der Waals surface area (Å²) in [5.41, 5.74) is 0.185. The maximum atomic E-state index is 12.3. The van der Waals surface area contributed by atoms with Crippen LogP contribution < -0.4 is 10.6 Å². The third-order valence-electron chi connectivity index (χ3n) is 4.22. The van der Waals surface area contributed by atoms with Crippen molar-refractivity contribution >= 4 is 41.3 Å². The Hall–Kier alpha value is -1.73. The first kappa shape index (κ1) is 20.6. The number of rotatable bonds is 5. The standard InChI is InChI=1S/C18H23ClN2O4S/c1-11(16(22)21-18(24)20-12-6-4-3-5-7-12)25-17(23)14-10-13(26-2)8-9-15(14)19/h8-12H,3-7H2,1-2H3,(H2,20,21,22,24)/t11-/m0/s1. The molecule has 3 amide bonds. The van der Waals surface area contributed by atoms with E-state index in [0.29, 0.717) is 0 Å². The molecule has 2 rings (SSSR count). The quantitative estimate of drug-likeness (QED) is 0.582. The molecular formula is C18H23ClN2O4S. The summed E-state index contributed by atoms with van der Waals surface area (Å²) in [4.78, 5) is 37.1. The van der Waals surface area contributed by atoms with E-state index in [1.807, 2.05) is 6.26 Å². The number of hydrogen-bond donors (Lipinski definition) is 2. The van der Waals surface area contributed by atoms with Crippen LogP contribution in [0.15, 0.2) is 23.1 Å². The lowest BCUT2D eigenvalue weighted by Gasteiger charge is -2.23. The molecule has 0 bridgehead atoms. The molecule has 6 nitrogen and oxygen atoms in total. The molecule has 1 aromatic rings. The molecule has 1 fully saturated rings. The monoisotopic (exact) mass is 398 g/mol. The highest BCUT2D eigenvalue weighted by Gasteiger charge is 2.23. The van der Waals surface area contributed by atoms with Crippen LogP contribution in [0.1, 0.15) is 49.4 Å². The highest BCUT2D eigenvalue weighted by Crippen LogP contribution is 2.24. The van der Waals surface area contributed by atoms with Crippen LogP contribution in [0.25, 0.3) is 0 Å². The molecule has 0 unspecified atom stereocenters. The van der Waals surface area contributed by atoms with Gasteiger partial charge in [0, 0.05) is 10.9 Å². The van der Waals surface area contributed by atoms with Crippen LogP contribution in [0.4, 0.5) is 4.79 Å². The topological polar surface area (TPSA) is 84.5 Å². The molecular weight excluding hydrogens is 376 g/mol. The molecule has 1 aliphatic rings. The van der Waals surface area contributed by atoms with Gasteiger partial charge < -0.3 is 10.1 Å². The van der Waals surface area contributed by atoms with Crippen LogP contribution in [-0.4, -0.2) is 36.3 Å². The number of halogens is 1. The van der Waals surface area contributed by atoms with Crippen molar-refractivity contribution in [1.82, 2.24) is 10.6 Å². The molecule has 1 aromatic carbocycles. The van der Waals surface area contributed by atoms with Crippen molar-refractivity contribution in [2.75, 3.05) is 6.26 Å². The van der Waals surface area contributed by atoms with E-state index in [0.717, 1.165) is 30.6 Å². The first-order chi connectivity index (χ1) is 12.4. The lowest BCUT2D eigenvalue weighted by Crippen LogP contribution is -2.48. The fourth-order valence-electron chi connectivity index (χ4n) is 2.75. The van der Waals surface area contributed by atoms with Crippen molar-refractivity contribution in [3.8, 4) is 0 Å². The number of urea groups is 1. The molecule has 0 heterocycles. The number of nitrogens with one attached hydrogen (secondary N) is 2. The first-order valence-electron chi connectivity index (χ1n) is 8.56. The lowest BCUT2D eigenvalue weighted by molar-refractivity contribution is -0.127. The molecule has 0 radical (unpaired) electrons. The number of carbonyl (C=O) groups is 3. The van der Waals surface area contributed by atoms with E-state index in [2.05, 4.69) is 10.6 Å². The van der Waals surface area contributed by atoms with Crippen LogP contribution in [0.3, 0.4) is 0 Å². The number of benzene rings is 1. The Labute approximate surface area is 162 Å². The average Bonchev–Trinajstić information content (AvgIpc) is 2.62. The summed E-state index contributed by atoms with van der Waals surface area (Å²) in [6.45, 7) is 1.41. The van der Waals surface area contributed by atoms with Gasteiger partial charge in [0.25, 0.3) is 5.91 Å². The Balaban J connectivity index is 1.87. The summed E-state index contributed by atoms with van der Waals surface area (Å²) in [5.74, 6) is -1.38. The van der Waals surface area contributed by atoms with Gasteiger partial charge in [0.05, 0.1) is 10.6 Å². The summed E-state index contributed by atoms with van der Waals surface area (Å²) < 4.78 is 5.14. The molecule has 0 aliphatic heterocycles. The van der Waals surface area contributed by atoms with E-state index in [4.69, 9.17) is 16.3 Å². The lowest BCUT2D eigenvalue weighted by atomic mass is 9.96. The molecule has 2 N–H and O–H groups in total. The smallest absolute Gasteiger partial charge is 0.340 e. The van der Waals surface area contributed by atoms with Gasteiger partial charge in [-0.3, -0.25) is 10.1 Å². The Morgan fingerprint density at radius 3 is 2.58 bits per heavy atom. The molecule has 0 spiro atoms. The van der Waals surface area contributed by atoms with Crippen molar-refractivity contribution < 1.29 is 19.1 Å². The van der Waals surface area contributed by atoms with Crippen LogP contribution in [0, 0.1) is 0 Å². The van der Waals surface area contributed by atoms with Gasteiger partial charge in [0.15, 0.2) is 6.10 Å². The second-order valence-corrected chi connectivity index (χ2v) is 7.48. The number of imide groups is 1. The number of hydrogen-bond acceptors (Lipinski definition) is 5. The zero-order valence-corrected chi connectivity index (χ0v) is 16.4. The molecule has 1 aliphatic carbocycles. The maximum absolute atomic E-state index is 12.3. The van der Waals surface area contributed by atoms with Gasteiger partial charge in [-0.05, 0) is 44.2 Å². The van der Waals surface area contributed by atoms with Crippen molar-refractivity contribution in [3.63, 3.8) is 0 Å². The fourth-order valence-corrected chi connectivity index (χ4v) is 3.38. The molecule has 0 aromatic heterocycles. The summed E-state index contributed by atoms with van der Waals surface area (Å²) in [7, 11) is 0. The predicted molar refractivity (Wildman–Crippen MR) is 102 cm³/mol. The molecule has 8 heteroatoms. The Kier molecular flexibility index (Phi) is 7.78. The van der Waals surface area contributed by atoms with Gasteiger partial charge in [-0.15, -0.1) is 11.8 Å². The van der Waals surface area contributed by atoms with Crippen LogP contribution in [0.2, 0.25) is 5.02 Å². The van der Waals surface area contributed by atoms with E-state index < -0.39 is 24.0 Å². The van der Waals surface area contributed by atoms with Crippen LogP contribution in [0.5, 0.6) is 0 Å². The maximum Gasteiger partial charge on any atom is 0.340 e. The summed E-state index contributed by atoms with van der Waals surface area (Å²) in [5, 5.41) is 5.24. The van der Waals surface area contributed by atoms with Gasteiger partial charge in [-0.25, -0.2) is 9.59 Å². The second-order valence-electron chi connectivity index (χ2n) is 6.19. The van der Waals surface area contributed by atoms with Crippen LogP contribution in [-0.2, 0) is 9.53 Å². The molecule has 1 saturated carbocycles. The minimum absolute atomic E-state index is 0.0856. The zero-order chi connectivity index (χ0) is 19.1. The van der Waals surface area contributed by atoms with Gasteiger partial charge in [-0.2, -0.15) is 0 Å². The third-order valence-corrected chi connectivity index (χ3v) is 5.28. The number of ether oxygens (including phenoxy) is 1. The summed E-state index contributed by atoms with van der Waals surface area (Å²) in [6.07, 6.45) is 5.90. The van der Waals surface area contributed by atoms with Gasteiger partial charge in [0.1, 0.15) is 0 Å². The molecule has 26 heavy (non-hydrogen) atoms. The van der Waals surface area contributed by atoms with Crippen molar-refractivity contribution in [2.45, 2.75) is 56.1 Å². The highest BCUT2D eigenvalue weighted by molar-refractivity contribution is 7.98. The fraction of sp³-hybridized carbons (Fsp3) is 0.500. The van der Waals surface area contributed by atoms with E-state index in [-0.39, 0.29) is 16.6 Å². The molecule has 0 saturated heterocycles. The van der Waals surface area contributed by atoms with Gasteiger partial charge in [-0.1, -0.05) is 30.9 Å². The zero-order valence-electron chi connectivity index (χ0n) is 14.8. The number of thioether (sulfide) groups is 1. The Morgan fingerprint density at radius 1 is 1.23 bits per heavy atom. The van der Waals surface area contributed by atoms with Gasteiger partial charge >= 0.3 is 12.0 Å². The van der Waals surface area contributed by atoms with Gasteiger partial charge in [0.2, 0.25) is 0 Å². The van der Waals surface area contributed by atoms with Crippen molar-refractivity contribution in [1.29, 1.82) is 0 Å². The van der Waals surface area contributed by atoms with Crippen molar-refractivity contribution in [2.24, 2.45) is 0 Å². The van der Waals surface area contributed by atoms with Crippen molar-refractivity contribution in [3.05, 3.63) is 28.8 Å². The third kappa shape index (κ3) is 5.92. The summed E-state index contributed by atoms with van der Waals surface area (Å²) >= 11 is 7.49. The number of esters is 1. The van der Waals surface area contributed by atoms with E-state index in [1.54, 1.807) is 18.2 Å². The average molecular weight is 399 g/mol. The minimum Gasteiger partial charge on any atom is -0.449 e. The Morgan fingerprint density at radius 2 is 1.92 bits per heavy atom. The van der Waals surface area contributed by atoms with E-state index >= 15 is 0 Å². The highest BCUT2D eigenvalue weighted by atomic mass is 35.5. The molecule has 1 atom stereocenters. The SMILES string of the molecule is CSc1ccc(Cl)c(C(=O)O[C@@H](C)C(=O)NC(=O)NC2CCCCC2)c1. The predicted octanol–water partition coefficient (Wildman–Crippen LogP) is 3.77. The minimum atomic E-state index is -1.12. The van der Waals surface area contributed by atoms with Crippen LogP contribution >= 0.6 is 23.4 Å². The molecule has 142 valence electrons. The largest absolute Gasteiger partial charge is 0.449 e. The normalized spacial score (nSPS) is 15.8. The van der Waals surface area contributed by atoms with E-state index in [9.17, 15) is 14.4 Å². The number of carbonyl (C=O) groups excluding carboxylic acids is 3. The number of amides is 3. The van der Waals surface area contributed by atoms with E-state index in [1.165, 1.54) is 25.1 Å².